The van der Waals surface area contributed by atoms with Crippen molar-refractivity contribution in [3.05, 3.63) is 41.5 Å². The van der Waals surface area contributed by atoms with Gasteiger partial charge in [-0.3, -0.25) is 4.90 Å². The van der Waals surface area contributed by atoms with Gasteiger partial charge < -0.3 is 19.3 Å². The van der Waals surface area contributed by atoms with Crippen molar-refractivity contribution in [2.75, 3.05) is 46.9 Å². The van der Waals surface area contributed by atoms with E-state index < -0.39 is 0 Å². The van der Waals surface area contributed by atoms with Crippen molar-refractivity contribution < 1.29 is 23.9 Å². The number of methoxy groups -OCH3 is 3. The van der Waals surface area contributed by atoms with Gasteiger partial charge in [0.2, 0.25) is 0 Å². The SMILES string of the molecule is COc1cc2cc3[n+](c(N(C)C)c2cc1OC)C(CCCCO)Cc1cc(OC)c(C2CC2)cc1-3. The highest BCUT2D eigenvalue weighted by Crippen LogP contribution is 2.48. The number of aromatic nitrogens is 1. The van der Waals surface area contributed by atoms with Gasteiger partial charge in [-0.1, -0.05) is 0 Å². The number of unbranched alkanes of at least 4 members (excludes halogenated alkanes) is 1. The first-order valence-corrected chi connectivity index (χ1v) is 12.6. The quantitative estimate of drug-likeness (QED) is 0.346. The Hall–Kier alpha value is -2.99. The van der Waals surface area contributed by atoms with E-state index in [4.69, 9.17) is 14.2 Å². The van der Waals surface area contributed by atoms with Crippen LogP contribution in [0.5, 0.6) is 17.2 Å². The number of hydrogen-bond donors (Lipinski definition) is 1. The Morgan fingerprint density at radius 2 is 1.63 bits per heavy atom. The molecule has 1 atom stereocenters. The van der Waals surface area contributed by atoms with Gasteiger partial charge >= 0.3 is 0 Å². The zero-order valence-electron chi connectivity index (χ0n) is 21.6. The Labute approximate surface area is 208 Å². The molecule has 2 aliphatic rings. The van der Waals surface area contributed by atoms with Crippen LogP contribution in [0, 0.1) is 0 Å². The summed E-state index contributed by atoms with van der Waals surface area (Å²) in [5.41, 5.74) is 5.19. The van der Waals surface area contributed by atoms with Gasteiger partial charge in [0.1, 0.15) is 17.5 Å². The topological polar surface area (TPSA) is 55.0 Å². The summed E-state index contributed by atoms with van der Waals surface area (Å²) in [6.45, 7) is 0.231. The van der Waals surface area contributed by atoms with Crippen molar-refractivity contribution in [1.82, 2.24) is 0 Å². The molecule has 35 heavy (non-hydrogen) atoms. The molecule has 0 spiro atoms. The van der Waals surface area contributed by atoms with Gasteiger partial charge in [-0.05, 0) is 78.8 Å². The maximum Gasteiger partial charge on any atom is 0.284 e. The lowest BCUT2D eigenvalue weighted by molar-refractivity contribution is -0.702. The summed E-state index contributed by atoms with van der Waals surface area (Å²) in [5.74, 6) is 4.26. The molecule has 6 nitrogen and oxygen atoms in total. The fraction of sp³-hybridized carbons (Fsp3) is 0.483. The Bertz CT molecular complexity index is 1250. The highest BCUT2D eigenvalue weighted by molar-refractivity contribution is 5.95. The minimum absolute atomic E-state index is 0.231. The van der Waals surface area contributed by atoms with Crippen molar-refractivity contribution in [2.24, 2.45) is 0 Å². The summed E-state index contributed by atoms with van der Waals surface area (Å²) in [7, 11) is 9.39. The van der Waals surface area contributed by atoms with Gasteiger partial charge in [0, 0.05) is 24.7 Å². The predicted octanol–water partition coefficient (Wildman–Crippen LogP) is 5.02. The Morgan fingerprint density at radius 3 is 2.26 bits per heavy atom. The van der Waals surface area contributed by atoms with Gasteiger partial charge in [-0.15, -0.1) is 0 Å². The fourth-order valence-corrected chi connectivity index (χ4v) is 5.71. The number of aliphatic hydroxyl groups excluding tert-OH is 1. The summed E-state index contributed by atoms with van der Waals surface area (Å²) >= 11 is 0. The second-order valence-corrected chi connectivity index (χ2v) is 10.0. The lowest BCUT2D eigenvalue weighted by atomic mass is 9.87. The summed E-state index contributed by atoms with van der Waals surface area (Å²) in [6.07, 6.45) is 6.21. The molecule has 0 bridgehead atoms. The van der Waals surface area contributed by atoms with Crippen LogP contribution in [-0.2, 0) is 6.42 Å². The highest BCUT2D eigenvalue weighted by atomic mass is 16.5. The Kier molecular flexibility index (Phi) is 6.49. The molecule has 5 rings (SSSR count). The van der Waals surface area contributed by atoms with E-state index in [2.05, 4.69) is 53.9 Å². The van der Waals surface area contributed by atoms with E-state index in [-0.39, 0.29) is 12.6 Å². The fourth-order valence-electron chi connectivity index (χ4n) is 5.71. The summed E-state index contributed by atoms with van der Waals surface area (Å²) < 4.78 is 19.7. The average Bonchev–Trinajstić information content (AvgIpc) is 3.71. The lowest BCUT2D eigenvalue weighted by Crippen LogP contribution is -2.49. The molecule has 1 saturated carbocycles. The molecule has 2 heterocycles. The number of pyridine rings is 1. The van der Waals surface area contributed by atoms with Crippen molar-refractivity contribution in [1.29, 1.82) is 0 Å². The minimum Gasteiger partial charge on any atom is -0.496 e. The van der Waals surface area contributed by atoms with Crippen LogP contribution in [0.2, 0.25) is 0 Å². The van der Waals surface area contributed by atoms with E-state index in [0.29, 0.717) is 5.92 Å². The molecule has 6 heteroatoms. The number of fused-ring (bicyclic) bond motifs is 4. The zero-order valence-corrected chi connectivity index (χ0v) is 21.6. The Morgan fingerprint density at radius 1 is 0.914 bits per heavy atom. The van der Waals surface area contributed by atoms with Gasteiger partial charge in [-0.2, -0.15) is 0 Å². The number of nitrogens with zero attached hydrogens (tertiary/aromatic N) is 2. The van der Waals surface area contributed by atoms with E-state index in [0.717, 1.165) is 53.7 Å². The van der Waals surface area contributed by atoms with E-state index in [9.17, 15) is 5.11 Å². The molecule has 1 aliphatic heterocycles. The number of hydrogen-bond acceptors (Lipinski definition) is 5. The van der Waals surface area contributed by atoms with E-state index >= 15 is 0 Å². The first-order chi connectivity index (χ1) is 17.0. The number of benzene rings is 2. The van der Waals surface area contributed by atoms with Crippen molar-refractivity contribution in [3.8, 4) is 28.5 Å². The number of aliphatic hydroxyl groups is 1. The lowest BCUT2D eigenvalue weighted by Gasteiger charge is -2.30. The van der Waals surface area contributed by atoms with Crippen LogP contribution in [0.15, 0.2) is 30.3 Å². The maximum atomic E-state index is 9.44. The third kappa shape index (κ3) is 4.18. The van der Waals surface area contributed by atoms with E-state index in [1.54, 1.807) is 21.3 Å². The summed E-state index contributed by atoms with van der Waals surface area (Å²) in [6, 6.07) is 11.4. The molecule has 1 aromatic heterocycles. The van der Waals surface area contributed by atoms with Crippen LogP contribution >= 0.6 is 0 Å². The maximum absolute atomic E-state index is 9.44. The van der Waals surface area contributed by atoms with Crippen LogP contribution in [0.25, 0.3) is 22.0 Å². The number of rotatable bonds is 9. The molecule has 1 fully saturated rings. The minimum atomic E-state index is 0.231. The first-order valence-electron chi connectivity index (χ1n) is 12.6. The molecule has 0 radical (unpaired) electrons. The van der Waals surface area contributed by atoms with Crippen molar-refractivity contribution in [3.63, 3.8) is 0 Å². The van der Waals surface area contributed by atoms with E-state index in [1.165, 1.54) is 41.0 Å². The molecule has 1 N–H and O–H groups in total. The third-order valence-corrected chi connectivity index (χ3v) is 7.51. The number of ether oxygens (including phenoxy) is 3. The van der Waals surface area contributed by atoms with Crippen LogP contribution in [0.1, 0.15) is 55.2 Å². The van der Waals surface area contributed by atoms with Gasteiger partial charge in [-0.25, -0.2) is 4.57 Å². The normalized spacial score (nSPS) is 16.6. The molecular weight excluding hydrogens is 440 g/mol. The van der Waals surface area contributed by atoms with Crippen LogP contribution in [-0.4, -0.2) is 47.1 Å². The highest BCUT2D eigenvalue weighted by Gasteiger charge is 2.36. The molecular formula is C29H37N2O4+. The third-order valence-electron chi connectivity index (χ3n) is 7.51. The number of anilines is 1. The second kappa shape index (κ2) is 9.57. The second-order valence-electron chi connectivity index (χ2n) is 10.0. The smallest absolute Gasteiger partial charge is 0.284 e. The summed E-state index contributed by atoms with van der Waals surface area (Å²) in [4.78, 5) is 2.22. The molecule has 2 aromatic carbocycles. The molecule has 1 unspecified atom stereocenters. The average molecular weight is 478 g/mol. The van der Waals surface area contributed by atoms with Crippen LogP contribution in [0.3, 0.4) is 0 Å². The molecule has 186 valence electrons. The molecule has 0 amide bonds. The molecule has 0 saturated heterocycles. The molecule has 1 aliphatic carbocycles. The largest absolute Gasteiger partial charge is 0.496 e. The van der Waals surface area contributed by atoms with Crippen molar-refractivity contribution >= 4 is 16.6 Å². The Balaban J connectivity index is 1.80. The van der Waals surface area contributed by atoms with Crippen LogP contribution < -0.4 is 23.7 Å². The zero-order chi connectivity index (χ0) is 24.7. The monoisotopic (exact) mass is 477 g/mol. The van der Waals surface area contributed by atoms with E-state index in [1.807, 2.05) is 0 Å². The van der Waals surface area contributed by atoms with Gasteiger partial charge in [0.25, 0.3) is 5.82 Å². The van der Waals surface area contributed by atoms with Crippen molar-refractivity contribution in [2.45, 2.75) is 50.5 Å². The summed E-state index contributed by atoms with van der Waals surface area (Å²) in [5, 5.41) is 11.7. The van der Waals surface area contributed by atoms with Gasteiger partial charge in [0.05, 0.1) is 40.8 Å². The molecule has 3 aromatic rings. The first kappa shape index (κ1) is 23.7. The predicted molar refractivity (Wildman–Crippen MR) is 139 cm³/mol. The van der Waals surface area contributed by atoms with Gasteiger partial charge in [0.15, 0.2) is 11.5 Å². The standard InChI is InChI=1S/C29H37N2O4/c1-30(2)29-24-17-28(35-5)27(34-4)15-20(24)13-25-22-16-23(18-9-10-18)26(33-3)14-19(22)12-21(31(25)29)8-6-7-11-32/h13-18,21,32H,6-12H2,1-5H3/q+1. The van der Waals surface area contributed by atoms with Crippen LogP contribution in [0.4, 0.5) is 5.82 Å².